The van der Waals surface area contributed by atoms with Crippen molar-refractivity contribution in [1.29, 1.82) is 0 Å². The summed E-state index contributed by atoms with van der Waals surface area (Å²) in [6.45, 7) is 1.82. The molecule has 1 heterocycles. The lowest BCUT2D eigenvalue weighted by atomic mass is 10.2. The molecule has 0 radical (unpaired) electrons. The Morgan fingerprint density at radius 2 is 2.00 bits per heavy atom. The van der Waals surface area contributed by atoms with Crippen LogP contribution >= 0.6 is 0 Å². The highest BCUT2D eigenvalue weighted by molar-refractivity contribution is 7.89. The van der Waals surface area contributed by atoms with Crippen LogP contribution in [0.5, 0.6) is 5.75 Å². The van der Waals surface area contributed by atoms with Gasteiger partial charge in [0.05, 0.1) is 12.9 Å². The highest BCUT2D eigenvalue weighted by atomic mass is 32.2. The van der Waals surface area contributed by atoms with Crippen molar-refractivity contribution in [3.63, 3.8) is 0 Å². The third-order valence-corrected chi connectivity index (χ3v) is 4.26. The first-order valence-electron chi connectivity index (χ1n) is 6.48. The molecule has 0 bridgehead atoms. The van der Waals surface area contributed by atoms with Crippen molar-refractivity contribution >= 4 is 10.0 Å². The molecule has 0 amide bonds. The van der Waals surface area contributed by atoms with Crippen molar-refractivity contribution in [3.8, 4) is 17.1 Å². The number of nitrogens with zero attached hydrogens (tertiary/aromatic N) is 2. The van der Waals surface area contributed by atoms with E-state index in [0.29, 0.717) is 18.1 Å². The van der Waals surface area contributed by atoms with E-state index in [1.807, 2.05) is 12.1 Å². The predicted molar refractivity (Wildman–Crippen MR) is 77.5 cm³/mol. The number of aromatic nitrogens is 2. The molecule has 2 aromatic rings. The van der Waals surface area contributed by atoms with Gasteiger partial charge in [-0.25, -0.2) is 13.1 Å². The Bertz CT molecular complexity index is 680. The maximum absolute atomic E-state index is 11.3. The van der Waals surface area contributed by atoms with E-state index in [0.717, 1.165) is 11.3 Å². The van der Waals surface area contributed by atoms with E-state index in [9.17, 15) is 8.42 Å². The van der Waals surface area contributed by atoms with Gasteiger partial charge >= 0.3 is 0 Å². The molecule has 0 aliphatic heterocycles. The fraction of sp³-hybridized carbons (Fsp3) is 0.385. The summed E-state index contributed by atoms with van der Waals surface area (Å²) in [7, 11) is -1.60. The van der Waals surface area contributed by atoms with Gasteiger partial charge in [0.2, 0.25) is 21.7 Å². The van der Waals surface area contributed by atoms with Crippen molar-refractivity contribution < 1.29 is 17.7 Å². The van der Waals surface area contributed by atoms with Crippen LogP contribution in [0.2, 0.25) is 0 Å². The van der Waals surface area contributed by atoms with Gasteiger partial charge in [0.15, 0.2) is 0 Å². The number of ether oxygens (including phenoxy) is 1. The summed E-state index contributed by atoms with van der Waals surface area (Å²) >= 11 is 0. The number of methoxy groups -OCH3 is 1. The second-order valence-corrected chi connectivity index (χ2v) is 6.38. The second-order valence-electron chi connectivity index (χ2n) is 4.29. The van der Waals surface area contributed by atoms with Gasteiger partial charge in [-0.1, -0.05) is 5.16 Å². The molecule has 21 heavy (non-hydrogen) atoms. The van der Waals surface area contributed by atoms with Crippen LogP contribution in [0.15, 0.2) is 28.8 Å². The van der Waals surface area contributed by atoms with Crippen molar-refractivity contribution in [3.05, 3.63) is 30.2 Å². The fourth-order valence-corrected chi connectivity index (χ4v) is 2.25. The minimum absolute atomic E-state index is 0.0495. The molecule has 1 N–H and O–H groups in total. The van der Waals surface area contributed by atoms with Gasteiger partial charge in [0.1, 0.15) is 5.75 Å². The number of rotatable bonds is 7. The van der Waals surface area contributed by atoms with E-state index in [4.69, 9.17) is 9.26 Å². The van der Waals surface area contributed by atoms with E-state index < -0.39 is 10.0 Å². The Morgan fingerprint density at radius 1 is 1.29 bits per heavy atom. The molecule has 0 aliphatic carbocycles. The molecular weight excluding hydrogens is 294 g/mol. The molecule has 0 saturated carbocycles. The van der Waals surface area contributed by atoms with Gasteiger partial charge in [0, 0.05) is 18.5 Å². The first-order chi connectivity index (χ1) is 10.0. The maximum atomic E-state index is 11.3. The van der Waals surface area contributed by atoms with Crippen LogP contribution < -0.4 is 9.46 Å². The van der Waals surface area contributed by atoms with Crippen molar-refractivity contribution in [2.24, 2.45) is 0 Å². The van der Waals surface area contributed by atoms with Crippen LogP contribution in [-0.4, -0.2) is 38.0 Å². The summed E-state index contributed by atoms with van der Waals surface area (Å²) in [6, 6.07) is 7.27. The summed E-state index contributed by atoms with van der Waals surface area (Å²) in [5, 5.41) is 3.87. The number of hydrogen-bond acceptors (Lipinski definition) is 6. The van der Waals surface area contributed by atoms with Crippen LogP contribution in [0, 0.1) is 0 Å². The quantitative estimate of drug-likeness (QED) is 0.826. The third-order valence-electron chi connectivity index (χ3n) is 2.86. The zero-order chi connectivity index (χ0) is 15.3. The van der Waals surface area contributed by atoms with E-state index in [1.54, 1.807) is 26.2 Å². The van der Waals surface area contributed by atoms with Crippen LogP contribution in [0.3, 0.4) is 0 Å². The van der Waals surface area contributed by atoms with Gasteiger partial charge in [-0.3, -0.25) is 0 Å². The zero-order valence-electron chi connectivity index (χ0n) is 11.9. The molecule has 7 nitrogen and oxygen atoms in total. The Kier molecular flexibility index (Phi) is 4.92. The van der Waals surface area contributed by atoms with Gasteiger partial charge < -0.3 is 9.26 Å². The van der Waals surface area contributed by atoms with Gasteiger partial charge in [-0.2, -0.15) is 4.98 Å². The molecule has 114 valence electrons. The summed E-state index contributed by atoms with van der Waals surface area (Å²) in [6.07, 6.45) is 0.350. The monoisotopic (exact) mass is 311 g/mol. The summed E-state index contributed by atoms with van der Waals surface area (Å²) < 4.78 is 35.2. The Hall–Kier alpha value is -1.93. The Morgan fingerprint density at radius 3 is 2.62 bits per heavy atom. The maximum Gasteiger partial charge on any atom is 0.228 e. The van der Waals surface area contributed by atoms with Crippen molar-refractivity contribution in [2.45, 2.75) is 13.3 Å². The highest BCUT2D eigenvalue weighted by Crippen LogP contribution is 2.19. The molecule has 0 fully saturated rings. The topological polar surface area (TPSA) is 94.3 Å². The molecule has 0 saturated heterocycles. The highest BCUT2D eigenvalue weighted by Gasteiger charge is 2.10. The van der Waals surface area contributed by atoms with E-state index in [-0.39, 0.29) is 12.3 Å². The van der Waals surface area contributed by atoms with Crippen LogP contribution in [0.1, 0.15) is 12.8 Å². The Labute approximate surface area is 123 Å². The van der Waals surface area contributed by atoms with Crippen molar-refractivity contribution in [1.82, 2.24) is 14.9 Å². The van der Waals surface area contributed by atoms with E-state index >= 15 is 0 Å². The third kappa shape index (κ3) is 4.27. The minimum atomic E-state index is -3.20. The molecule has 0 unspecified atom stereocenters. The van der Waals surface area contributed by atoms with E-state index in [2.05, 4.69) is 14.9 Å². The second kappa shape index (κ2) is 6.68. The summed E-state index contributed by atoms with van der Waals surface area (Å²) in [5.74, 6) is 1.65. The molecule has 0 atom stereocenters. The lowest BCUT2D eigenvalue weighted by Gasteiger charge is -2.01. The van der Waals surface area contributed by atoms with Crippen LogP contribution in [0.4, 0.5) is 0 Å². The van der Waals surface area contributed by atoms with Crippen LogP contribution in [0.25, 0.3) is 11.4 Å². The largest absolute Gasteiger partial charge is 0.497 e. The Balaban J connectivity index is 1.97. The number of sulfonamides is 1. The lowest BCUT2D eigenvalue weighted by Crippen LogP contribution is -2.27. The molecule has 0 spiro atoms. The molecular formula is C13H17N3O4S. The smallest absolute Gasteiger partial charge is 0.228 e. The first-order valence-corrected chi connectivity index (χ1v) is 8.13. The molecule has 2 rings (SSSR count). The average molecular weight is 311 g/mol. The summed E-state index contributed by atoms with van der Waals surface area (Å²) in [4.78, 5) is 4.23. The van der Waals surface area contributed by atoms with Gasteiger partial charge in [-0.05, 0) is 31.2 Å². The van der Waals surface area contributed by atoms with Crippen molar-refractivity contribution in [2.75, 3.05) is 19.4 Å². The SMILES string of the molecule is CCS(=O)(=O)NCCc1nc(-c2ccc(OC)cc2)no1. The first kappa shape index (κ1) is 15.5. The average Bonchev–Trinajstić information content (AvgIpc) is 2.96. The molecule has 1 aromatic carbocycles. The fourth-order valence-electron chi connectivity index (χ4n) is 1.63. The molecule has 8 heteroatoms. The van der Waals surface area contributed by atoms with E-state index in [1.165, 1.54) is 0 Å². The van der Waals surface area contributed by atoms with Crippen LogP contribution in [-0.2, 0) is 16.4 Å². The zero-order valence-corrected chi connectivity index (χ0v) is 12.7. The normalized spacial score (nSPS) is 11.5. The predicted octanol–water partition coefficient (Wildman–Crippen LogP) is 1.23. The molecule has 1 aromatic heterocycles. The summed E-state index contributed by atoms with van der Waals surface area (Å²) in [5.41, 5.74) is 0.805. The number of benzene rings is 1. The minimum Gasteiger partial charge on any atom is -0.497 e. The molecule has 0 aliphatic rings. The number of hydrogen-bond donors (Lipinski definition) is 1. The standard InChI is InChI=1S/C13H17N3O4S/c1-3-21(17,18)14-9-8-12-15-13(16-20-12)10-4-6-11(19-2)7-5-10/h4-7,14H,3,8-9H2,1-2H3. The number of nitrogens with one attached hydrogen (secondary N) is 1. The van der Waals surface area contributed by atoms with Gasteiger partial charge in [0.25, 0.3) is 0 Å². The lowest BCUT2D eigenvalue weighted by molar-refractivity contribution is 0.379. The van der Waals surface area contributed by atoms with Gasteiger partial charge in [-0.15, -0.1) is 0 Å².